The van der Waals surface area contributed by atoms with E-state index in [0.29, 0.717) is 6.42 Å². The fourth-order valence-corrected chi connectivity index (χ4v) is 1.33. The van der Waals surface area contributed by atoms with Crippen molar-refractivity contribution in [3.8, 4) is 0 Å². The molecule has 0 unspecified atom stereocenters. The van der Waals surface area contributed by atoms with Crippen molar-refractivity contribution in [1.29, 1.82) is 0 Å². The average Bonchev–Trinajstić information content (AvgIpc) is 2.19. The highest BCUT2D eigenvalue weighted by atomic mass is 16.5. The lowest BCUT2D eigenvalue weighted by molar-refractivity contribution is -0.138. The first kappa shape index (κ1) is 10.5. The van der Waals surface area contributed by atoms with E-state index in [0.717, 1.165) is 39.3 Å². The second-order valence-corrected chi connectivity index (χ2v) is 3.05. The molecule has 4 heteroatoms. The summed E-state index contributed by atoms with van der Waals surface area (Å²) in [6, 6.07) is 0. The molecule has 0 saturated carbocycles. The van der Waals surface area contributed by atoms with Gasteiger partial charge in [-0.3, -0.25) is 9.69 Å². The van der Waals surface area contributed by atoms with Crippen molar-refractivity contribution < 1.29 is 14.3 Å². The lowest BCUT2D eigenvalue weighted by atomic mass is 10.3. The van der Waals surface area contributed by atoms with Gasteiger partial charge in [0, 0.05) is 19.5 Å². The van der Waals surface area contributed by atoms with Gasteiger partial charge in [-0.05, 0) is 13.0 Å². The Morgan fingerprint density at radius 3 is 2.77 bits per heavy atom. The summed E-state index contributed by atoms with van der Waals surface area (Å²) in [5.74, 6) is -0.340. The van der Waals surface area contributed by atoms with Crippen LogP contribution in [-0.2, 0) is 14.3 Å². The molecule has 0 aliphatic carbocycles. The number of carbonyl (C=O) groups is 1. The molecule has 0 N–H and O–H groups in total. The van der Waals surface area contributed by atoms with Gasteiger partial charge in [-0.15, -0.1) is 0 Å². The van der Waals surface area contributed by atoms with E-state index in [4.69, 9.17) is 11.8 Å². The molecule has 0 bridgehead atoms. The van der Waals surface area contributed by atoms with Gasteiger partial charge in [0.2, 0.25) is 0 Å². The maximum Gasteiger partial charge on any atom is 0.306 e. The van der Waals surface area contributed by atoms with Crippen LogP contribution in [0.5, 0.6) is 0 Å². The molecule has 1 rings (SSSR count). The topological polar surface area (TPSA) is 38.8 Å². The number of esters is 1. The number of morpholine rings is 1. The Morgan fingerprint density at radius 2 is 2.15 bits per heavy atom. The van der Waals surface area contributed by atoms with Crippen LogP contribution in [0.25, 0.3) is 0 Å². The first-order valence-electron chi connectivity index (χ1n) is 4.52. The second-order valence-electron chi connectivity index (χ2n) is 3.05. The van der Waals surface area contributed by atoms with Crippen molar-refractivity contribution in [2.75, 3.05) is 32.8 Å². The number of carbonyl (C=O) groups excluding carboxylic acids is 1. The first-order chi connectivity index (χ1) is 6.33. The standard InChI is InChI=1S/C9H15NO3/c1-12-9(11)3-2-4-10-5-7-13-8-6-10/h1H,2-8H2. The van der Waals surface area contributed by atoms with E-state index >= 15 is 0 Å². The van der Waals surface area contributed by atoms with Gasteiger partial charge in [-0.1, -0.05) is 0 Å². The molecular formula is C9H15NO3. The van der Waals surface area contributed by atoms with Crippen LogP contribution in [0, 0.1) is 7.11 Å². The van der Waals surface area contributed by atoms with Crippen molar-refractivity contribution in [2.45, 2.75) is 12.8 Å². The molecule has 0 aromatic heterocycles. The van der Waals surface area contributed by atoms with E-state index in [2.05, 4.69) is 9.64 Å². The van der Waals surface area contributed by atoms with Crippen molar-refractivity contribution in [3.05, 3.63) is 7.11 Å². The van der Waals surface area contributed by atoms with Crippen LogP contribution in [-0.4, -0.2) is 43.7 Å². The average molecular weight is 185 g/mol. The van der Waals surface area contributed by atoms with Gasteiger partial charge in [-0.2, -0.15) is 0 Å². The maximum absolute atomic E-state index is 10.7. The fourth-order valence-electron chi connectivity index (χ4n) is 1.33. The highest BCUT2D eigenvalue weighted by Crippen LogP contribution is 2.00. The predicted octanol–water partition coefficient (Wildman–Crippen LogP) is 0.311. The van der Waals surface area contributed by atoms with Crippen LogP contribution < -0.4 is 0 Å². The van der Waals surface area contributed by atoms with E-state index in [1.54, 1.807) is 0 Å². The molecule has 13 heavy (non-hydrogen) atoms. The van der Waals surface area contributed by atoms with Crippen LogP contribution in [0.3, 0.4) is 0 Å². The zero-order chi connectivity index (χ0) is 9.52. The summed E-state index contributed by atoms with van der Waals surface area (Å²) >= 11 is 0. The lowest BCUT2D eigenvalue weighted by Crippen LogP contribution is -2.36. The van der Waals surface area contributed by atoms with Gasteiger partial charge in [0.05, 0.1) is 13.2 Å². The SMILES string of the molecule is [CH]OC(=O)CCCN1CCOCC1. The summed E-state index contributed by atoms with van der Waals surface area (Å²) in [7, 11) is 4.71. The largest absolute Gasteiger partial charge is 0.454 e. The summed E-state index contributed by atoms with van der Waals surface area (Å²) in [5, 5.41) is 0. The normalized spacial score (nSPS) is 18.5. The minimum absolute atomic E-state index is 0.340. The Hall–Kier alpha value is -0.610. The predicted molar refractivity (Wildman–Crippen MR) is 46.9 cm³/mol. The van der Waals surface area contributed by atoms with E-state index < -0.39 is 0 Å². The Kier molecular flexibility index (Phi) is 4.78. The molecule has 0 spiro atoms. The molecule has 1 aliphatic heterocycles. The smallest absolute Gasteiger partial charge is 0.306 e. The van der Waals surface area contributed by atoms with E-state index in [1.165, 1.54) is 0 Å². The second kappa shape index (κ2) is 5.94. The lowest BCUT2D eigenvalue weighted by Gasteiger charge is -2.26. The number of rotatable bonds is 4. The van der Waals surface area contributed by atoms with Gasteiger partial charge in [-0.25, -0.2) is 0 Å². The first-order valence-corrected chi connectivity index (χ1v) is 4.52. The minimum atomic E-state index is -0.340. The third kappa shape index (κ3) is 4.24. The number of hydrogen-bond acceptors (Lipinski definition) is 4. The molecular weight excluding hydrogens is 170 g/mol. The summed E-state index contributed by atoms with van der Waals surface area (Å²) in [6.07, 6.45) is 1.20. The van der Waals surface area contributed by atoms with Gasteiger partial charge < -0.3 is 9.47 Å². The third-order valence-electron chi connectivity index (χ3n) is 2.09. The summed E-state index contributed by atoms with van der Waals surface area (Å²) in [6.45, 7) is 4.41. The number of ether oxygens (including phenoxy) is 2. The molecule has 1 fully saturated rings. The Bertz CT molecular complexity index is 155. The van der Waals surface area contributed by atoms with Crippen molar-refractivity contribution >= 4 is 5.97 Å². The zero-order valence-electron chi connectivity index (χ0n) is 7.70. The molecule has 0 aromatic carbocycles. The van der Waals surface area contributed by atoms with Crippen molar-refractivity contribution in [1.82, 2.24) is 4.90 Å². The fraction of sp³-hybridized carbons (Fsp3) is 0.778. The highest BCUT2D eigenvalue weighted by Gasteiger charge is 2.10. The van der Waals surface area contributed by atoms with Crippen molar-refractivity contribution in [2.24, 2.45) is 0 Å². The molecule has 0 amide bonds. The Balaban J connectivity index is 2.01. The monoisotopic (exact) mass is 185 g/mol. The van der Waals surface area contributed by atoms with E-state index in [-0.39, 0.29) is 5.97 Å². The van der Waals surface area contributed by atoms with E-state index in [9.17, 15) is 4.79 Å². The van der Waals surface area contributed by atoms with Gasteiger partial charge in [0.15, 0.2) is 7.11 Å². The van der Waals surface area contributed by atoms with Crippen LogP contribution in [0.2, 0.25) is 0 Å². The Labute approximate surface area is 78.8 Å². The quantitative estimate of drug-likeness (QED) is 0.591. The zero-order valence-corrected chi connectivity index (χ0v) is 7.70. The van der Waals surface area contributed by atoms with Crippen LogP contribution in [0.15, 0.2) is 0 Å². The molecule has 2 radical (unpaired) electrons. The number of nitrogens with zero attached hydrogens (tertiary/aromatic N) is 1. The van der Waals surface area contributed by atoms with E-state index in [1.807, 2.05) is 0 Å². The maximum atomic E-state index is 10.7. The van der Waals surface area contributed by atoms with Crippen LogP contribution in [0.4, 0.5) is 0 Å². The molecule has 1 aliphatic rings. The van der Waals surface area contributed by atoms with Crippen LogP contribution in [0.1, 0.15) is 12.8 Å². The van der Waals surface area contributed by atoms with Gasteiger partial charge in [0.1, 0.15) is 0 Å². The van der Waals surface area contributed by atoms with Gasteiger partial charge >= 0.3 is 5.97 Å². The molecule has 4 nitrogen and oxygen atoms in total. The molecule has 74 valence electrons. The van der Waals surface area contributed by atoms with Gasteiger partial charge in [0.25, 0.3) is 0 Å². The highest BCUT2D eigenvalue weighted by molar-refractivity contribution is 5.69. The van der Waals surface area contributed by atoms with Crippen LogP contribution >= 0.6 is 0 Å². The summed E-state index contributed by atoms with van der Waals surface area (Å²) in [5.41, 5.74) is 0. The molecule has 1 heterocycles. The summed E-state index contributed by atoms with van der Waals surface area (Å²) < 4.78 is 9.25. The minimum Gasteiger partial charge on any atom is -0.454 e. The third-order valence-corrected chi connectivity index (χ3v) is 2.09. The number of hydrogen-bond donors (Lipinski definition) is 0. The summed E-state index contributed by atoms with van der Waals surface area (Å²) in [4.78, 5) is 12.9. The molecule has 1 saturated heterocycles. The molecule has 0 atom stereocenters. The Morgan fingerprint density at radius 1 is 1.46 bits per heavy atom. The van der Waals surface area contributed by atoms with Crippen molar-refractivity contribution in [3.63, 3.8) is 0 Å². The molecule has 0 aromatic rings.